The molecule has 0 saturated carbocycles. The molecule has 0 aliphatic heterocycles. The second-order valence-corrected chi connectivity index (χ2v) is 0. The molecule has 6 heteroatoms. The van der Waals surface area contributed by atoms with Gasteiger partial charge < -0.3 is 21.9 Å². The minimum Gasteiger partial charge on any atom is -0.412 e. The fourth-order valence-corrected chi connectivity index (χ4v) is 0. The van der Waals surface area contributed by atoms with Crippen molar-refractivity contribution in [1.82, 2.24) is 0 Å². The van der Waals surface area contributed by atoms with Gasteiger partial charge in [-0.05, 0) is 0 Å². The molecule has 0 saturated heterocycles. The Morgan fingerprint density at radius 3 is 0.500 bits per heavy atom. The van der Waals surface area contributed by atoms with E-state index < -0.39 is 0 Å². The molecule has 0 bridgehead atoms. The van der Waals surface area contributed by atoms with E-state index in [1.165, 1.54) is 0 Å². The quantitative estimate of drug-likeness (QED) is 0.334. The van der Waals surface area contributed by atoms with Crippen LogP contribution in [-0.4, -0.2) is 21.9 Å². The Hall–Kier alpha value is 0.844. The van der Waals surface area contributed by atoms with Gasteiger partial charge >= 0.3 is 0 Å². The van der Waals surface area contributed by atoms with E-state index in [-0.39, 0.29) is 56.0 Å². The van der Waals surface area contributed by atoms with Gasteiger partial charge in [-0.15, -0.1) is 12.4 Å². The molecule has 0 aromatic heterocycles. The van der Waals surface area contributed by atoms with Crippen LogP contribution in [0.5, 0.6) is 0 Å². The third-order valence-corrected chi connectivity index (χ3v) is 0. The summed E-state index contributed by atoms with van der Waals surface area (Å²) >= 11 is 0. The van der Waals surface area contributed by atoms with Gasteiger partial charge in [0.15, 0.2) is 0 Å². The minimum atomic E-state index is 0. The van der Waals surface area contributed by atoms with Crippen molar-refractivity contribution in [3.05, 3.63) is 0 Å². The van der Waals surface area contributed by atoms with E-state index in [0.29, 0.717) is 0 Å². The topological polar surface area (TPSA) is 126 Å². The van der Waals surface area contributed by atoms with Gasteiger partial charge in [0.1, 0.15) is 0 Å². The molecule has 0 atom stereocenters. The first-order valence-electron chi connectivity index (χ1n) is 0. The molecule has 4 nitrogen and oxygen atoms in total. The average Bonchev–Trinajstić information content (AvgIpc) is 0. The molecule has 0 fully saturated rings. The van der Waals surface area contributed by atoms with Gasteiger partial charge in [-0.3, -0.25) is 0 Å². The molecule has 0 spiro atoms. The predicted octanol–water partition coefficient (Wildman–Crippen LogP) is -2.88. The Kier molecular flexibility index (Phi) is 10500. The zero-order valence-corrected chi connectivity index (χ0v) is 5.29. The molecular formula is H9ClO4Ti. The van der Waals surface area contributed by atoms with Crippen LogP contribution >= 0.6 is 12.4 Å². The van der Waals surface area contributed by atoms with Gasteiger partial charge in [0.25, 0.3) is 0 Å². The van der Waals surface area contributed by atoms with Crippen LogP contribution in [0.2, 0.25) is 0 Å². The molecule has 0 aromatic rings. The number of hydrogen-bond donors (Lipinski definition) is 0. The standard InChI is InChI=1S/ClH.4H2O.Ti/h1H;4*1H2;. The Bertz CT molecular complexity index is 7.51. The summed E-state index contributed by atoms with van der Waals surface area (Å²) < 4.78 is 0. The summed E-state index contributed by atoms with van der Waals surface area (Å²) in [4.78, 5) is 0. The zero-order valence-electron chi connectivity index (χ0n) is 2.91. The Morgan fingerprint density at radius 1 is 0.500 bits per heavy atom. The number of halogens is 1. The molecule has 0 amide bonds. The smallest absolute Gasteiger partial charge is 0 e. The summed E-state index contributed by atoms with van der Waals surface area (Å²) in [5.74, 6) is 0. The van der Waals surface area contributed by atoms with Gasteiger partial charge in [0.05, 0.1) is 0 Å². The summed E-state index contributed by atoms with van der Waals surface area (Å²) in [5.41, 5.74) is 0. The molecule has 0 rings (SSSR count). The van der Waals surface area contributed by atoms with E-state index >= 15 is 0 Å². The molecule has 0 heterocycles. The van der Waals surface area contributed by atoms with Gasteiger partial charge in [-0.2, -0.15) is 0 Å². The van der Waals surface area contributed by atoms with E-state index in [4.69, 9.17) is 0 Å². The van der Waals surface area contributed by atoms with Crippen molar-refractivity contribution in [2.24, 2.45) is 0 Å². The van der Waals surface area contributed by atoms with Crippen LogP contribution in [0.15, 0.2) is 0 Å². The molecule has 0 radical (unpaired) electrons. The van der Waals surface area contributed by atoms with Crippen molar-refractivity contribution in [3.63, 3.8) is 0 Å². The van der Waals surface area contributed by atoms with E-state index in [1.54, 1.807) is 0 Å². The minimum absolute atomic E-state index is 0. The van der Waals surface area contributed by atoms with Crippen molar-refractivity contribution < 1.29 is 43.6 Å². The SMILES string of the molecule is Cl.O.O.O.O.[Ti]. The third kappa shape index (κ3) is 100. The Balaban J connectivity index is 0. The van der Waals surface area contributed by atoms with Crippen molar-refractivity contribution in [2.45, 2.75) is 0 Å². The molecule has 0 unspecified atom stereocenters. The first-order valence-corrected chi connectivity index (χ1v) is 0. The molecule has 0 aliphatic carbocycles. The van der Waals surface area contributed by atoms with E-state index in [9.17, 15) is 0 Å². The second-order valence-electron chi connectivity index (χ2n) is 0. The fraction of sp³-hybridized carbons (Fsp3) is 0. The molecule has 0 aliphatic rings. The number of rotatable bonds is 0. The van der Waals surface area contributed by atoms with Crippen LogP contribution in [0.3, 0.4) is 0 Å². The second kappa shape index (κ2) is 192. The average molecular weight is 156 g/mol. The first-order chi connectivity index (χ1) is 0. The van der Waals surface area contributed by atoms with Gasteiger partial charge in [0, 0.05) is 21.7 Å². The van der Waals surface area contributed by atoms with Gasteiger partial charge in [-0.1, -0.05) is 0 Å². The molecule has 0 aromatic carbocycles. The summed E-state index contributed by atoms with van der Waals surface area (Å²) in [6.45, 7) is 0. The Morgan fingerprint density at radius 2 is 0.500 bits per heavy atom. The van der Waals surface area contributed by atoms with Crippen molar-refractivity contribution in [1.29, 1.82) is 0 Å². The van der Waals surface area contributed by atoms with E-state index in [1.807, 2.05) is 0 Å². The van der Waals surface area contributed by atoms with Crippen LogP contribution in [-0.2, 0) is 21.7 Å². The zero-order chi connectivity index (χ0) is 0. The van der Waals surface area contributed by atoms with Crippen LogP contribution in [0.1, 0.15) is 0 Å². The van der Waals surface area contributed by atoms with Gasteiger partial charge in [0.2, 0.25) is 0 Å². The van der Waals surface area contributed by atoms with E-state index in [0.717, 1.165) is 0 Å². The maximum absolute atomic E-state index is 0. The predicted molar refractivity (Wildman–Crippen MR) is 21.7 cm³/mol. The largest absolute Gasteiger partial charge is 0.412 e. The summed E-state index contributed by atoms with van der Waals surface area (Å²) in [7, 11) is 0. The molecular weight excluding hydrogens is 147 g/mol. The third-order valence-electron chi connectivity index (χ3n) is 0. The van der Waals surface area contributed by atoms with Crippen LogP contribution in [0.25, 0.3) is 0 Å². The number of hydrogen-bond acceptors (Lipinski definition) is 0. The summed E-state index contributed by atoms with van der Waals surface area (Å²) in [5, 5.41) is 0. The van der Waals surface area contributed by atoms with E-state index in [2.05, 4.69) is 0 Å². The summed E-state index contributed by atoms with van der Waals surface area (Å²) in [6, 6.07) is 0. The summed E-state index contributed by atoms with van der Waals surface area (Å²) in [6.07, 6.45) is 0. The maximum atomic E-state index is 0. The fourth-order valence-electron chi connectivity index (χ4n) is 0. The van der Waals surface area contributed by atoms with Crippen molar-refractivity contribution >= 4 is 12.4 Å². The first kappa shape index (κ1) is 328. The maximum Gasteiger partial charge on any atom is 0 e. The van der Waals surface area contributed by atoms with Crippen molar-refractivity contribution in [3.8, 4) is 0 Å². The Labute approximate surface area is 56.5 Å². The van der Waals surface area contributed by atoms with Gasteiger partial charge in [-0.25, -0.2) is 0 Å². The van der Waals surface area contributed by atoms with Crippen molar-refractivity contribution in [2.75, 3.05) is 0 Å². The normalized spacial score (nSPS) is 0. The van der Waals surface area contributed by atoms with Crippen LogP contribution in [0.4, 0.5) is 0 Å². The molecule has 6 heavy (non-hydrogen) atoms. The van der Waals surface area contributed by atoms with Crippen LogP contribution in [0, 0.1) is 0 Å². The molecule has 8 N–H and O–H groups in total. The molecule has 44 valence electrons. The monoisotopic (exact) mass is 156 g/mol. The van der Waals surface area contributed by atoms with Crippen LogP contribution < -0.4 is 0 Å².